The lowest BCUT2D eigenvalue weighted by atomic mass is 9.95. The number of likely N-dealkylation sites (N-methyl/N-ethyl adjacent to an activating group) is 1. The van der Waals surface area contributed by atoms with E-state index >= 15 is 0 Å². The number of carbonyl (C=O) groups is 2. The number of hydrogen-bond donors (Lipinski definition) is 3. The lowest BCUT2D eigenvalue weighted by Crippen LogP contribution is -2.53. The molecule has 0 spiro atoms. The van der Waals surface area contributed by atoms with Gasteiger partial charge >= 0.3 is 6.03 Å². The molecule has 25 heavy (non-hydrogen) atoms. The van der Waals surface area contributed by atoms with E-state index in [9.17, 15) is 9.59 Å². The van der Waals surface area contributed by atoms with Crippen molar-refractivity contribution in [3.63, 3.8) is 0 Å². The van der Waals surface area contributed by atoms with Gasteiger partial charge in [-0.2, -0.15) is 0 Å². The Kier molecular flexibility index (Phi) is 6.17. The number of likely N-dealkylation sites (tertiary alicyclic amines) is 2. The second-order valence-electron chi connectivity index (χ2n) is 8.01. The summed E-state index contributed by atoms with van der Waals surface area (Å²) in [5, 5.41) is 6.34. The summed E-state index contributed by atoms with van der Waals surface area (Å²) in [6.07, 6.45) is 8.32. The molecule has 3 amide bonds. The molecule has 0 radical (unpaired) electrons. The molecule has 4 N–H and O–H groups in total. The third kappa shape index (κ3) is 4.85. The molecule has 2 aliphatic heterocycles. The highest BCUT2D eigenvalue weighted by Gasteiger charge is 2.34. The van der Waals surface area contributed by atoms with Gasteiger partial charge in [0.2, 0.25) is 5.91 Å². The van der Waals surface area contributed by atoms with Crippen LogP contribution in [0.2, 0.25) is 0 Å². The number of nitrogens with two attached hydrogens (primary N) is 1. The van der Waals surface area contributed by atoms with Crippen molar-refractivity contribution < 1.29 is 9.59 Å². The fourth-order valence-corrected chi connectivity index (χ4v) is 4.38. The topological polar surface area (TPSA) is 90.7 Å². The van der Waals surface area contributed by atoms with E-state index in [0.29, 0.717) is 19.1 Å². The van der Waals surface area contributed by atoms with Crippen LogP contribution in [0.4, 0.5) is 4.79 Å². The van der Waals surface area contributed by atoms with E-state index in [0.717, 1.165) is 38.6 Å². The standard InChI is InChI=1S/C18H33N5O2/c1-22-12-13(19)11-16(22)17(24)20-15-7-9-23(10-8-15)18(25)21-14-5-3-2-4-6-14/h13-16H,2-12,19H2,1H3,(H,20,24)(H,21,25)/t13-,16-/m0/s1. The van der Waals surface area contributed by atoms with Crippen molar-refractivity contribution in [2.45, 2.75) is 75.5 Å². The molecule has 7 heteroatoms. The molecule has 0 unspecified atom stereocenters. The molecular formula is C18H33N5O2. The molecule has 1 saturated carbocycles. The second kappa shape index (κ2) is 8.36. The van der Waals surface area contributed by atoms with Crippen LogP contribution in [0.15, 0.2) is 0 Å². The van der Waals surface area contributed by atoms with Crippen LogP contribution >= 0.6 is 0 Å². The van der Waals surface area contributed by atoms with Gasteiger partial charge < -0.3 is 21.3 Å². The Labute approximate surface area is 150 Å². The molecule has 7 nitrogen and oxygen atoms in total. The molecule has 0 bridgehead atoms. The Morgan fingerprint density at radius 2 is 1.60 bits per heavy atom. The van der Waals surface area contributed by atoms with E-state index in [1.165, 1.54) is 19.3 Å². The highest BCUT2D eigenvalue weighted by Crippen LogP contribution is 2.19. The Hall–Kier alpha value is -1.34. The van der Waals surface area contributed by atoms with Crippen molar-refractivity contribution in [3.05, 3.63) is 0 Å². The maximum absolute atomic E-state index is 12.4. The minimum absolute atomic E-state index is 0.0678. The van der Waals surface area contributed by atoms with Crippen molar-refractivity contribution >= 4 is 11.9 Å². The Bertz CT molecular complexity index is 472. The van der Waals surface area contributed by atoms with Crippen molar-refractivity contribution in [1.29, 1.82) is 0 Å². The van der Waals surface area contributed by atoms with Crippen molar-refractivity contribution in [3.8, 4) is 0 Å². The van der Waals surface area contributed by atoms with Gasteiger partial charge in [-0.05, 0) is 39.2 Å². The first-order valence-corrected chi connectivity index (χ1v) is 9.84. The lowest BCUT2D eigenvalue weighted by Gasteiger charge is -2.34. The first-order valence-electron chi connectivity index (χ1n) is 9.84. The molecule has 0 aromatic rings. The summed E-state index contributed by atoms with van der Waals surface area (Å²) in [5.74, 6) is 0.0838. The van der Waals surface area contributed by atoms with Crippen LogP contribution in [0.1, 0.15) is 51.4 Å². The smallest absolute Gasteiger partial charge is 0.317 e. The maximum Gasteiger partial charge on any atom is 0.317 e. The highest BCUT2D eigenvalue weighted by atomic mass is 16.2. The number of amides is 3. The van der Waals surface area contributed by atoms with E-state index in [2.05, 4.69) is 10.6 Å². The van der Waals surface area contributed by atoms with Gasteiger partial charge in [-0.3, -0.25) is 9.69 Å². The molecular weight excluding hydrogens is 318 g/mol. The SMILES string of the molecule is CN1C[C@@H](N)C[C@H]1C(=O)NC1CCN(C(=O)NC2CCCCC2)CC1. The average Bonchev–Trinajstić information content (AvgIpc) is 2.95. The third-order valence-electron chi connectivity index (χ3n) is 5.94. The predicted molar refractivity (Wildman–Crippen MR) is 97.2 cm³/mol. The number of carbonyl (C=O) groups excluding carboxylic acids is 2. The van der Waals surface area contributed by atoms with E-state index in [-0.39, 0.29) is 30.1 Å². The van der Waals surface area contributed by atoms with Gasteiger partial charge in [0.1, 0.15) is 0 Å². The van der Waals surface area contributed by atoms with Crippen LogP contribution in [0, 0.1) is 0 Å². The molecule has 3 fully saturated rings. The van der Waals surface area contributed by atoms with Crippen molar-refractivity contribution in [1.82, 2.24) is 20.4 Å². The van der Waals surface area contributed by atoms with Gasteiger partial charge in [0.05, 0.1) is 6.04 Å². The zero-order chi connectivity index (χ0) is 17.8. The quantitative estimate of drug-likeness (QED) is 0.696. The number of nitrogens with zero attached hydrogens (tertiary/aromatic N) is 2. The molecule has 2 atom stereocenters. The molecule has 1 aliphatic carbocycles. The first kappa shape index (κ1) is 18.5. The van der Waals surface area contributed by atoms with Crippen molar-refractivity contribution in [2.24, 2.45) is 5.73 Å². The summed E-state index contributed by atoms with van der Waals surface area (Å²) in [6, 6.07) is 0.559. The van der Waals surface area contributed by atoms with Gasteiger partial charge in [-0.25, -0.2) is 4.79 Å². The first-order chi connectivity index (χ1) is 12.0. The van der Waals surface area contributed by atoms with Gasteiger partial charge in [-0.15, -0.1) is 0 Å². The highest BCUT2D eigenvalue weighted by molar-refractivity contribution is 5.82. The average molecular weight is 351 g/mol. The third-order valence-corrected chi connectivity index (χ3v) is 5.94. The molecule has 3 aliphatic rings. The van der Waals surface area contributed by atoms with Crippen LogP contribution in [0.25, 0.3) is 0 Å². The van der Waals surface area contributed by atoms with Crippen LogP contribution in [0.5, 0.6) is 0 Å². The lowest BCUT2D eigenvalue weighted by molar-refractivity contribution is -0.126. The van der Waals surface area contributed by atoms with E-state index in [1.54, 1.807) is 0 Å². The number of hydrogen-bond acceptors (Lipinski definition) is 4. The summed E-state index contributed by atoms with van der Waals surface area (Å²) in [6.45, 7) is 2.20. The number of rotatable bonds is 3. The predicted octanol–water partition coefficient (Wildman–Crippen LogP) is 0.641. The summed E-state index contributed by atoms with van der Waals surface area (Å²) < 4.78 is 0. The Balaban J connectivity index is 1.39. The fourth-order valence-electron chi connectivity index (χ4n) is 4.38. The number of urea groups is 1. The van der Waals surface area contributed by atoms with Crippen molar-refractivity contribution in [2.75, 3.05) is 26.7 Å². The van der Waals surface area contributed by atoms with Gasteiger partial charge in [0, 0.05) is 37.8 Å². The normalized spacial score (nSPS) is 29.6. The Morgan fingerprint density at radius 1 is 0.960 bits per heavy atom. The number of nitrogens with one attached hydrogen (secondary N) is 2. The Morgan fingerprint density at radius 3 is 2.20 bits per heavy atom. The molecule has 0 aromatic carbocycles. The van der Waals surface area contributed by atoms with E-state index < -0.39 is 0 Å². The summed E-state index contributed by atoms with van der Waals surface area (Å²) in [5.41, 5.74) is 5.94. The van der Waals surface area contributed by atoms with E-state index in [1.807, 2.05) is 16.8 Å². The van der Waals surface area contributed by atoms with Crippen LogP contribution in [0.3, 0.4) is 0 Å². The second-order valence-corrected chi connectivity index (χ2v) is 8.01. The fraction of sp³-hybridized carbons (Fsp3) is 0.889. The van der Waals surface area contributed by atoms with Gasteiger partial charge in [0.15, 0.2) is 0 Å². The maximum atomic E-state index is 12.4. The zero-order valence-corrected chi connectivity index (χ0v) is 15.4. The molecule has 142 valence electrons. The van der Waals surface area contributed by atoms with Gasteiger partial charge in [-0.1, -0.05) is 19.3 Å². The van der Waals surface area contributed by atoms with Gasteiger partial charge in [0.25, 0.3) is 0 Å². The summed E-state index contributed by atoms with van der Waals surface area (Å²) in [7, 11) is 1.95. The summed E-state index contributed by atoms with van der Waals surface area (Å²) in [4.78, 5) is 28.8. The van der Waals surface area contributed by atoms with Crippen LogP contribution in [-0.4, -0.2) is 72.6 Å². The summed E-state index contributed by atoms with van der Waals surface area (Å²) >= 11 is 0. The molecule has 0 aromatic heterocycles. The van der Waals surface area contributed by atoms with E-state index in [4.69, 9.17) is 5.73 Å². The molecule has 2 heterocycles. The van der Waals surface area contributed by atoms with Crippen LogP contribution < -0.4 is 16.4 Å². The largest absolute Gasteiger partial charge is 0.352 e. The number of piperidine rings is 1. The minimum Gasteiger partial charge on any atom is -0.352 e. The zero-order valence-electron chi connectivity index (χ0n) is 15.4. The minimum atomic E-state index is -0.109. The monoisotopic (exact) mass is 351 g/mol. The molecule has 3 rings (SSSR count). The molecule has 2 saturated heterocycles. The van der Waals surface area contributed by atoms with Crippen LogP contribution in [-0.2, 0) is 4.79 Å².